The summed E-state index contributed by atoms with van der Waals surface area (Å²) in [5.74, 6) is 2.19. The molecule has 7 nitrogen and oxygen atoms in total. The third kappa shape index (κ3) is 5.04. The molecule has 0 spiro atoms. The van der Waals surface area contributed by atoms with Crippen LogP contribution in [0.3, 0.4) is 0 Å². The van der Waals surface area contributed by atoms with E-state index in [4.69, 9.17) is 4.74 Å². The molecule has 5 aromatic rings. The zero-order valence-corrected chi connectivity index (χ0v) is 19.8. The van der Waals surface area contributed by atoms with Crippen LogP contribution in [-0.2, 0) is 11.2 Å². The summed E-state index contributed by atoms with van der Waals surface area (Å²) in [6.07, 6.45) is 0.301. The van der Waals surface area contributed by atoms with E-state index in [1.807, 2.05) is 69.3 Å². The molecule has 0 aliphatic heterocycles. The van der Waals surface area contributed by atoms with Crippen LogP contribution in [0, 0.1) is 20.8 Å². The Morgan fingerprint density at radius 1 is 0.914 bits per heavy atom. The van der Waals surface area contributed by atoms with Crippen molar-refractivity contribution in [2.75, 3.05) is 5.32 Å². The lowest BCUT2D eigenvalue weighted by atomic mass is 10.0. The van der Waals surface area contributed by atoms with Crippen LogP contribution in [0.2, 0.25) is 0 Å². The van der Waals surface area contributed by atoms with Crippen LogP contribution in [-0.4, -0.2) is 25.7 Å². The highest BCUT2D eigenvalue weighted by Crippen LogP contribution is 2.24. The Bertz CT molecular complexity index is 1520. The molecule has 5 rings (SSSR count). The van der Waals surface area contributed by atoms with Crippen molar-refractivity contribution in [2.45, 2.75) is 27.2 Å². The highest BCUT2D eigenvalue weighted by molar-refractivity contribution is 5.96. The first-order valence-corrected chi connectivity index (χ1v) is 11.4. The fourth-order valence-corrected chi connectivity index (χ4v) is 4.10. The van der Waals surface area contributed by atoms with E-state index in [-0.39, 0.29) is 5.91 Å². The first-order valence-electron chi connectivity index (χ1n) is 11.4. The number of nitrogens with zero attached hydrogens (tertiary/aromatic N) is 4. The number of aromatic nitrogens is 4. The van der Waals surface area contributed by atoms with E-state index in [1.165, 1.54) is 0 Å². The maximum atomic E-state index is 12.7. The monoisotopic (exact) mass is 463 g/mol. The van der Waals surface area contributed by atoms with Crippen LogP contribution in [0.15, 0.2) is 78.9 Å². The normalized spacial score (nSPS) is 10.9. The van der Waals surface area contributed by atoms with Gasteiger partial charge in [0.2, 0.25) is 11.8 Å². The van der Waals surface area contributed by atoms with Crippen LogP contribution in [0.4, 0.5) is 5.69 Å². The smallest absolute Gasteiger partial charge is 0.228 e. The molecule has 0 radical (unpaired) electrons. The van der Waals surface area contributed by atoms with Crippen molar-refractivity contribution in [2.24, 2.45) is 0 Å². The SMILES string of the molecule is Cc1cc(C)n(-c2cc(Oc3ccc(NC(=O)Cc4cccc5ccccc45)cc3)nc(C)n2)n1. The quantitative estimate of drug-likeness (QED) is 0.349. The van der Waals surface area contributed by atoms with Gasteiger partial charge in [-0.1, -0.05) is 42.5 Å². The molecule has 1 amide bonds. The molecular formula is C28H25N5O2. The van der Waals surface area contributed by atoms with Gasteiger partial charge in [0.05, 0.1) is 12.1 Å². The van der Waals surface area contributed by atoms with Crippen molar-refractivity contribution in [3.05, 3.63) is 102 Å². The molecule has 3 aromatic carbocycles. The number of benzene rings is 3. The number of rotatable bonds is 6. The molecule has 0 unspecified atom stereocenters. The van der Waals surface area contributed by atoms with E-state index in [1.54, 1.807) is 22.9 Å². The van der Waals surface area contributed by atoms with Gasteiger partial charge >= 0.3 is 0 Å². The molecule has 2 aromatic heterocycles. The number of fused-ring (bicyclic) bond motifs is 1. The Morgan fingerprint density at radius 3 is 2.46 bits per heavy atom. The molecule has 0 atom stereocenters. The summed E-state index contributed by atoms with van der Waals surface area (Å²) in [5, 5.41) is 9.67. The maximum absolute atomic E-state index is 12.7. The fourth-order valence-electron chi connectivity index (χ4n) is 4.10. The zero-order valence-electron chi connectivity index (χ0n) is 19.8. The molecule has 0 fully saturated rings. The van der Waals surface area contributed by atoms with E-state index >= 15 is 0 Å². The summed E-state index contributed by atoms with van der Waals surface area (Å²) in [6.45, 7) is 5.74. The molecule has 0 aliphatic rings. The Kier molecular flexibility index (Phi) is 5.97. The average Bonchev–Trinajstić information content (AvgIpc) is 3.18. The fraction of sp³-hybridized carbons (Fsp3) is 0.143. The second kappa shape index (κ2) is 9.38. The number of hydrogen-bond donors (Lipinski definition) is 1. The maximum Gasteiger partial charge on any atom is 0.228 e. The van der Waals surface area contributed by atoms with Crippen LogP contribution in [0.5, 0.6) is 11.6 Å². The molecule has 0 aliphatic carbocycles. The van der Waals surface area contributed by atoms with Crippen molar-refractivity contribution in [1.29, 1.82) is 0 Å². The predicted octanol–water partition coefficient (Wildman–Crippen LogP) is 5.71. The molecule has 0 saturated carbocycles. The zero-order chi connectivity index (χ0) is 24.4. The van der Waals surface area contributed by atoms with Crippen molar-refractivity contribution in [1.82, 2.24) is 19.7 Å². The predicted molar refractivity (Wildman–Crippen MR) is 136 cm³/mol. The Labute approximate surface area is 203 Å². The summed E-state index contributed by atoms with van der Waals surface area (Å²) < 4.78 is 7.74. The number of ether oxygens (including phenoxy) is 1. The molecular weight excluding hydrogens is 438 g/mol. The van der Waals surface area contributed by atoms with Crippen molar-refractivity contribution in [3.8, 4) is 17.4 Å². The molecule has 0 saturated heterocycles. The first-order chi connectivity index (χ1) is 16.9. The number of hydrogen-bond acceptors (Lipinski definition) is 5. The molecule has 1 N–H and O–H groups in total. The van der Waals surface area contributed by atoms with Crippen LogP contribution >= 0.6 is 0 Å². The minimum atomic E-state index is -0.0732. The van der Waals surface area contributed by atoms with E-state index in [0.29, 0.717) is 35.4 Å². The van der Waals surface area contributed by atoms with Crippen molar-refractivity contribution >= 4 is 22.4 Å². The highest BCUT2D eigenvalue weighted by atomic mass is 16.5. The van der Waals surface area contributed by atoms with E-state index < -0.39 is 0 Å². The van der Waals surface area contributed by atoms with Gasteiger partial charge in [-0.15, -0.1) is 0 Å². The summed E-state index contributed by atoms with van der Waals surface area (Å²) in [6, 6.07) is 25.1. The van der Waals surface area contributed by atoms with Gasteiger partial charge in [-0.2, -0.15) is 10.1 Å². The van der Waals surface area contributed by atoms with Crippen LogP contribution in [0.25, 0.3) is 16.6 Å². The largest absolute Gasteiger partial charge is 0.439 e. The molecule has 174 valence electrons. The minimum Gasteiger partial charge on any atom is -0.439 e. The van der Waals surface area contributed by atoms with Gasteiger partial charge in [0, 0.05) is 17.4 Å². The van der Waals surface area contributed by atoms with Crippen LogP contribution in [0.1, 0.15) is 22.8 Å². The summed E-state index contributed by atoms with van der Waals surface area (Å²) in [7, 11) is 0. The Balaban J connectivity index is 1.27. The van der Waals surface area contributed by atoms with Gasteiger partial charge in [0.25, 0.3) is 0 Å². The number of carbonyl (C=O) groups is 1. The number of aryl methyl sites for hydroxylation is 3. The highest BCUT2D eigenvalue weighted by Gasteiger charge is 2.11. The van der Waals surface area contributed by atoms with Crippen molar-refractivity contribution < 1.29 is 9.53 Å². The van der Waals surface area contributed by atoms with E-state index in [2.05, 4.69) is 32.5 Å². The Hall–Kier alpha value is -4.52. The summed E-state index contributed by atoms with van der Waals surface area (Å²) in [4.78, 5) is 21.5. The lowest BCUT2D eigenvalue weighted by Crippen LogP contribution is -2.14. The second-order valence-corrected chi connectivity index (χ2v) is 8.44. The third-order valence-electron chi connectivity index (χ3n) is 5.62. The van der Waals surface area contributed by atoms with E-state index in [0.717, 1.165) is 27.7 Å². The third-order valence-corrected chi connectivity index (χ3v) is 5.62. The van der Waals surface area contributed by atoms with Gasteiger partial charge in [-0.05, 0) is 67.4 Å². The Morgan fingerprint density at radius 2 is 1.69 bits per heavy atom. The van der Waals surface area contributed by atoms with Gasteiger partial charge in [-0.25, -0.2) is 9.67 Å². The topological polar surface area (TPSA) is 81.9 Å². The van der Waals surface area contributed by atoms with Gasteiger partial charge < -0.3 is 10.1 Å². The number of anilines is 1. The lowest BCUT2D eigenvalue weighted by Gasteiger charge is -2.10. The van der Waals surface area contributed by atoms with Crippen molar-refractivity contribution in [3.63, 3.8) is 0 Å². The standard InChI is InChI=1S/C28H25N5O2/c1-18-15-19(2)33(32-18)26-17-28(30-20(3)29-26)35-24-13-11-23(12-14-24)31-27(34)16-22-9-6-8-21-7-4-5-10-25(21)22/h4-15,17H,16H2,1-3H3,(H,31,34). The number of nitrogens with one attached hydrogen (secondary N) is 1. The van der Waals surface area contributed by atoms with Crippen LogP contribution < -0.4 is 10.1 Å². The number of amides is 1. The molecule has 2 heterocycles. The number of carbonyl (C=O) groups excluding carboxylic acids is 1. The molecule has 7 heteroatoms. The average molecular weight is 464 g/mol. The van der Waals surface area contributed by atoms with Gasteiger partial charge in [0.1, 0.15) is 11.6 Å². The van der Waals surface area contributed by atoms with Gasteiger partial charge in [-0.3, -0.25) is 4.79 Å². The first kappa shape index (κ1) is 22.3. The minimum absolute atomic E-state index is 0.0732. The van der Waals surface area contributed by atoms with E-state index in [9.17, 15) is 4.79 Å². The second-order valence-electron chi connectivity index (χ2n) is 8.44. The lowest BCUT2D eigenvalue weighted by molar-refractivity contribution is -0.115. The molecule has 0 bridgehead atoms. The molecule has 35 heavy (non-hydrogen) atoms. The summed E-state index contributed by atoms with van der Waals surface area (Å²) in [5.41, 5.74) is 3.59. The van der Waals surface area contributed by atoms with Gasteiger partial charge in [0.15, 0.2) is 5.82 Å². The summed E-state index contributed by atoms with van der Waals surface area (Å²) >= 11 is 0.